The molecule has 0 amide bonds. The molecule has 16 heavy (non-hydrogen) atoms. The predicted molar refractivity (Wildman–Crippen MR) is 59.6 cm³/mol. The van der Waals surface area contributed by atoms with Crippen LogP contribution in [0.15, 0.2) is 24.3 Å². The zero-order valence-electron chi connectivity index (χ0n) is 8.89. The smallest absolute Gasteiger partial charge is 0.335 e. The van der Waals surface area contributed by atoms with E-state index in [0.29, 0.717) is 6.54 Å². The average molecular weight is 221 g/mol. The monoisotopic (exact) mass is 221 g/mol. The molecular weight excluding hydrogens is 206 g/mol. The molecule has 4 nitrogen and oxygen atoms in total. The zero-order chi connectivity index (χ0) is 11.5. The molecule has 1 saturated heterocycles. The molecule has 2 unspecified atom stereocenters. The van der Waals surface area contributed by atoms with Crippen LogP contribution in [0.25, 0.3) is 0 Å². The molecule has 2 atom stereocenters. The van der Waals surface area contributed by atoms with E-state index >= 15 is 0 Å². The molecule has 1 heterocycles. The van der Waals surface area contributed by atoms with Gasteiger partial charge in [0.05, 0.1) is 11.7 Å². The van der Waals surface area contributed by atoms with Gasteiger partial charge in [0, 0.05) is 12.5 Å². The molecule has 1 aliphatic rings. The third-order valence-electron chi connectivity index (χ3n) is 3.01. The normalized spacial score (nSPS) is 25.3. The first-order chi connectivity index (χ1) is 7.68. The second kappa shape index (κ2) is 4.63. The van der Waals surface area contributed by atoms with E-state index < -0.39 is 12.1 Å². The van der Waals surface area contributed by atoms with Crippen molar-refractivity contribution in [1.82, 2.24) is 5.32 Å². The number of β-amino-alcohol motifs (C(OH)–C–C–N with tert-alkyl or cyclic N) is 1. The Bertz CT molecular complexity index is 392. The Balaban J connectivity index is 2.25. The Morgan fingerprint density at radius 3 is 2.94 bits per heavy atom. The predicted octanol–water partition coefficient (Wildman–Crippen LogP) is 0.823. The summed E-state index contributed by atoms with van der Waals surface area (Å²) in [5.41, 5.74) is 1.19. The van der Waals surface area contributed by atoms with Crippen molar-refractivity contribution in [3.05, 3.63) is 35.4 Å². The van der Waals surface area contributed by atoms with Crippen LogP contribution in [-0.4, -0.2) is 35.4 Å². The SMILES string of the molecule is O=C(O)c1cccc(C2CCNCC2O)c1. The lowest BCUT2D eigenvalue weighted by Crippen LogP contribution is -2.39. The van der Waals surface area contributed by atoms with Crippen molar-refractivity contribution in [1.29, 1.82) is 0 Å². The fourth-order valence-electron chi connectivity index (χ4n) is 2.13. The molecule has 0 aromatic heterocycles. The highest BCUT2D eigenvalue weighted by Gasteiger charge is 2.24. The highest BCUT2D eigenvalue weighted by atomic mass is 16.4. The fraction of sp³-hybridized carbons (Fsp3) is 0.417. The van der Waals surface area contributed by atoms with E-state index in [1.807, 2.05) is 6.07 Å². The first kappa shape index (κ1) is 11.1. The van der Waals surface area contributed by atoms with E-state index in [-0.39, 0.29) is 11.5 Å². The highest BCUT2D eigenvalue weighted by molar-refractivity contribution is 5.87. The number of piperidine rings is 1. The van der Waals surface area contributed by atoms with Gasteiger partial charge in [-0.25, -0.2) is 4.79 Å². The lowest BCUT2D eigenvalue weighted by molar-refractivity contribution is 0.0696. The van der Waals surface area contributed by atoms with Gasteiger partial charge in [-0.1, -0.05) is 12.1 Å². The maximum absolute atomic E-state index is 10.8. The van der Waals surface area contributed by atoms with E-state index in [4.69, 9.17) is 5.11 Å². The van der Waals surface area contributed by atoms with E-state index in [1.54, 1.807) is 18.2 Å². The molecule has 1 aromatic rings. The van der Waals surface area contributed by atoms with Crippen LogP contribution < -0.4 is 5.32 Å². The van der Waals surface area contributed by atoms with Crippen molar-refractivity contribution in [3.63, 3.8) is 0 Å². The van der Waals surface area contributed by atoms with Crippen molar-refractivity contribution in [2.75, 3.05) is 13.1 Å². The summed E-state index contributed by atoms with van der Waals surface area (Å²) >= 11 is 0. The van der Waals surface area contributed by atoms with E-state index in [9.17, 15) is 9.90 Å². The number of benzene rings is 1. The molecule has 2 rings (SSSR count). The standard InChI is InChI=1S/C12H15NO3/c14-11-7-13-5-4-10(11)8-2-1-3-9(6-8)12(15)16/h1-3,6,10-11,13-14H,4-5,7H2,(H,15,16). The van der Waals surface area contributed by atoms with Crippen molar-refractivity contribution in [2.45, 2.75) is 18.4 Å². The van der Waals surface area contributed by atoms with Crippen LogP contribution in [0, 0.1) is 0 Å². The molecule has 0 radical (unpaired) electrons. The van der Waals surface area contributed by atoms with Crippen LogP contribution in [-0.2, 0) is 0 Å². The number of aliphatic hydroxyl groups excluding tert-OH is 1. The molecule has 1 aliphatic heterocycles. The quantitative estimate of drug-likeness (QED) is 0.691. The molecule has 1 fully saturated rings. The second-order valence-corrected chi connectivity index (χ2v) is 4.10. The number of hydrogen-bond acceptors (Lipinski definition) is 3. The van der Waals surface area contributed by atoms with Gasteiger partial charge >= 0.3 is 5.97 Å². The van der Waals surface area contributed by atoms with Gasteiger partial charge in [0.25, 0.3) is 0 Å². The average Bonchev–Trinajstić information content (AvgIpc) is 2.30. The molecule has 0 aliphatic carbocycles. The van der Waals surface area contributed by atoms with E-state index in [2.05, 4.69) is 5.32 Å². The fourth-order valence-corrected chi connectivity index (χ4v) is 2.13. The lowest BCUT2D eigenvalue weighted by atomic mass is 9.87. The summed E-state index contributed by atoms with van der Waals surface area (Å²) in [7, 11) is 0. The summed E-state index contributed by atoms with van der Waals surface area (Å²) in [5, 5.41) is 21.8. The highest BCUT2D eigenvalue weighted by Crippen LogP contribution is 2.26. The molecule has 3 N–H and O–H groups in total. The first-order valence-electron chi connectivity index (χ1n) is 5.40. The summed E-state index contributed by atoms with van der Waals surface area (Å²) in [6.45, 7) is 1.43. The summed E-state index contributed by atoms with van der Waals surface area (Å²) < 4.78 is 0. The van der Waals surface area contributed by atoms with Gasteiger partial charge in [0.2, 0.25) is 0 Å². The van der Waals surface area contributed by atoms with Crippen LogP contribution in [0.1, 0.15) is 28.3 Å². The number of carboxylic acid groups (broad SMARTS) is 1. The van der Waals surface area contributed by atoms with Gasteiger partial charge < -0.3 is 15.5 Å². The Morgan fingerprint density at radius 1 is 1.44 bits per heavy atom. The van der Waals surface area contributed by atoms with Crippen molar-refractivity contribution in [2.24, 2.45) is 0 Å². The minimum absolute atomic E-state index is 0.0422. The van der Waals surface area contributed by atoms with Crippen LogP contribution in [0.3, 0.4) is 0 Å². The van der Waals surface area contributed by atoms with Gasteiger partial charge in [0.15, 0.2) is 0 Å². The summed E-state index contributed by atoms with van der Waals surface area (Å²) in [6.07, 6.45) is 0.405. The Morgan fingerprint density at radius 2 is 2.25 bits per heavy atom. The van der Waals surface area contributed by atoms with Gasteiger partial charge in [0.1, 0.15) is 0 Å². The number of aromatic carboxylic acids is 1. The number of aliphatic hydroxyl groups is 1. The van der Waals surface area contributed by atoms with Crippen LogP contribution in [0.4, 0.5) is 0 Å². The number of nitrogens with one attached hydrogen (secondary N) is 1. The van der Waals surface area contributed by atoms with Crippen molar-refractivity contribution >= 4 is 5.97 Å². The summed E-state index contributed by atoms with van der Waals surface area (Å²) in [4.78, 5) is 10.8. The molecule has 0 spiro atoms. The first-order valence-corrected chi connectivity index (χ1v) is 5.40. The lowest BCUT2D eigenvalue weighted by Gasteiger charge is -2.28. The van der Waals surface area contributed by atoms with Gasteiger partial charge in [-0.2, -0.15) is 0 Å². The third kappa shape index (κ3) is 2.23. The van der Waals surface area contributed by atoms with Crippen LogP contribution >= 0.6 is 0 Å². The Kier molecular flexibility index (Phi) is 3.22. The molecule has 1 aromatic carbocycles. The zero-order valence-corrected chi connectivity index (χ0v) is 8.89. The summed E-state index contributed by atoms with van der Waals surface area (Å²) in [6, 6.07) is 6.83. The largest absolute Gasteiger partial charge is 0.478 e. The minimum Gasteiger partial charge on any atom is -0.478 e. The van der Waals surface area contributed by atoms with Crippen molar-refractivity contribution < 1.29 is 15.0 Å². The topological polar surface area (TPSA) is 69.6 Å². The van der Waals surface area contributed by atoms with Crippen LogP contribution in [0.5, 0.6) is 0 Å². The molecule has 0 saturated carbocycles. The van der Waals surface area contributed by atoms with Gasteiger partial charge in [-0.05, 0) is 30.7 Å². The third-order valence-corrected chi connectivity index (χ3v) is 3.01. The van der Waals surface area contributed by atoms with E-state index in [0.717, 1.165) is 18.5 Å². The van der Waals surface area contributed by atoms with Crippen molar-refractivity contribution in [3.8, 4) is 0 Å². The molecular formula is C12H15NO3. The minimum atomic E-state index is -0.926. The maximum atomic E-state index is 10.8. The summed E-state index contributed by atoms with van der Waals surface area (Å²) in [5.74, 6) is -0.883. The molecule has 86 valence electrons. The Hall–Kier alpha value is -1.39. The van der Waals surface area contributed by atoms with E-state index in [1.165, 1.54) is 0 Å². The number of carboxylic acids is 1. The number of rotatable bonds is 2. The second-order valence-electron chi connectivity index (χ2n) is 4.10. The Labute approximate surface area is 93.9 Å². The van der Waals surface area contributed by atoms with Crippen LogP contribution in [0.2, 0.25) is 0 Å². The maximum Gasteiger partial charge on any atom is 0.335 e. The molecule has 4 heteroatoms. The number of carbonyl (C=O) groups is 1. The number of hydrogen-bond donors (Lipinski definition) is 3. The van der Waals surface area contributed by atoms with Gasteiger partial charge in [-0.3, -0.25) is 0 Å². The van der Waals surface area contributed by atoms with Gasteiger partial charge in [-0.15, -0.1) is 0 Å². The molecule has 0 bridgehead atoms.